The first kappa shape index (κ1) is 29.3. The zero-order valence-corrected chi connectivity index (χ0v) is 22.9. The number of esters is 1. The summed E-state index contributed by atoms with van der Waals surface area (Å²) < 4.78 is 11.0. The first-order valence-electron chi connectivity index (χ1n) is 12.3. The lowest BCUT2D eigenvalue weighted by Gasteiger charge is -2.21. The Morgan fingerprint density at radius 3 is 2.13 bits per heavy atom. The van der Waals surface area contributed by atoms with Crippen LogP contribution in [-0.4, -0.2) is 45.5 Å². The summed E-state index contributed by atoms with van der Waals surface area (Å²) in [6.07, 6.45) is -1.78. The number of rotatable bonds is 11. The molecule has 39 heavy (non-hydrogen) atoms. The molecule has 0 spiro atoms. The molecule has 2 N–H and O–H groups in total. The zero-order valence-electron chi connectivity index (χ0n) is 22.1. The van der Waals surface area contributed by atoms with Crippen LogP contribution < -0.4 is 5.32 Å². The fourth-order valence-electron chi connectivity index (χ4n) is 3.39. The number of nitrogens with one attached hydrogen (secondary N) is 1. The molecule has 206 valence electrons. The molecule has 3 aromatic rings. The highest BCUT2D eigenvalue weighted by molar-refractivity contribution is 7.14. The van der Waals surface area contributed by atoms with E-state index in [1.54, 1.807) is 20.8 Å². The van der Waals surface area contributed by atoms with Gasteiger partial charge in [0.15, 0.2) is 11.2 Å². The molecule has 1 heterocycles. The highest BCUT2D eigenvalue weighted by Gasteiger charge is 2.28. The molecule has 1 atom stereocenters. The number of carbonyl (C=O) groups excluding carboxylic acids is 2. The first-order valence-corrected chi connectivity index (χ1v) is 13.2. The summed E-state index contributed by atoms with van der Waals surface area (Å²) in [5.74, 6) is -2.10. The minimum atomic E-state index is -1.42. The van der Waals surface area contributed by atoms with Gasteiger partial charge in [0, 0.05) is 5.38 Å². The molecular weight excluding hydrogens is 522 g/mol. The number of anilines is 1. The van der Waals surface area contributed by atoms with Gasteiger partial charge in [-0.3, -0.25) is 5.32 Å². The topological polar surface area (TPSA) is 136 Å². The third kappa shape index (κ3) is 8.92. The van der Waals surface area contributed by atoms with Crippen molar-refractivity contribution in [1.29, 1.82) is 0 Å². The van der Waals surface area contributed by atoms with Crippen LogP contribution in [0.4, 0.5) is 9.93 Å². The molecule has 0 radical (unpaired) electrons. The number of ether oxygens (including phenoxy) is 2. The van der Waals surface area contributed by atoms with Crippen molar-refractivity contribution in [1.82, 2.24) is 4.98 Å². The highest BCUT2D eigenvalue weighted by atomic mass is 32.1. The Bertz CT molecular complexity index is 1250. The van der Waals surface area contributed by atoms with Crippen LogP contribution in [0.15, 0.2) is 71.2 Å². The minimum Gasteiger partial charge on any atom is -0.476 e. The van der Waals surface area contributed by atoms with Crippen LogP contribution in [0.1, 0.15) is 63.5 Å². The molecule has 11 heteroatoms. The molecule has 0 aliphatic heterocycles. The Hall–Kier alpha value is -4.25. The largest absolute Gasteiger partial charge is 0.476 e. The van der Waals surface area contributed by atoms with Crippen LogP contribution >= 0.6 is 11.3 Å². The molecule has 3 rings (SSSR count). The first-order chi connectivity index (χ1) is 18.6. The number of carbonyl (C=O) groups is 3. The summed E-state index contributed by atoms with van der Waals surface area (Å²) in [5.41, 5.74) is 0.256. The standard InChI is InChI=1S/C28H31N3O7S/c1-5-12-21(25(34)36-23(18-13-8-6-9-14-18)19-15-10-7-11-16-19)38-31-22(24(32)33)20-17-39-26(29-20)30-27(35)37-28(2,3)4/h6-11,13-17,21,23H,5,12H2,1-4H3,(H,32,33)(H,29,30,35)/b31-22-/t21-/m0/s1. The summed E-state index contributed by atoms with van der Waals surface area (Å²) in [4.78, 5) is 46.7. The summed E-state index contributed by atoms with van der Waals surface area (Å²) in [7, 11) is 0. The molecule has 0 aliphatic rings. The number of amides is 1. The second-order valence-corrected chi connectivity index (χ2v) is 10.3. The number of aromatic nitrogens is 1. The predicted molar refractivity (Wildman–Crippen MR) is 147 cm³/mol. The number of carboxylic acids is 1. The number of benzene rings is 2. The summed E-state index contributed by atoms with van der Waals surface area (Å²) in [6.45, 7) is 7.00. The Morgan fingerprint density at radius 2 is 1.62 bits per heavy atom. The maximum absolute atomic E-state index is 13.2. The number of nitrogens with zero attached hydrogens (tertiary/aromatic N) is 2. The van der Waals surface area contributed by atoms with E-state index in [1.165, 1.54) is 5.38 Å². The van der Waals surface area contributed by atoms with Crippen molar-refractivity contribution < 1.29 is 33.8 Å². The molecule has 0 unspecified atom stereocenters. The van der Waals surface area contributed by atoms with E-state index in [4.69, 9.17) is 14.3 Å². The van der Waals surface area contributed by atoms with Gasteiger partial charge in [-0.25, -0.2) is 19.4 Å². The van der Waals surface area contributed by atoms with Gasteiger partial charge in [-0.1, -0.05) is 79.2 Å². The molecule has 1 aromatic heterocycles. The van der Waals surface area contributed by atoms with E-state index in [2.05, 4.69) is 15.5 Å². The van der Waals surface area contributed by atoms with E-state index >= 15 is 0 Å². The molecule has 0 saturated carbocycles. The maximum Gasteiger partial charge on any atom is 0.413 e. The molecule has 0 bridgehead atoms. The second kappa shape index (κ2) is 13.5. The van der Waals surface area contributed by atoms with Gasteiger partial charge in [0.25, 0.3) is 0 Å². The molecule has 0 aliphatic carbocycles. The van der Waals surface area contributed by atoms with Gasteiger partial charge < -0.3 is 19.4 Å². The average molecular weight is 554 g/mol. The van der Waals surface area contributed by atoms with Crippen LogP contribution in [0.5, 0.6) is 0 Å². The van der Waals surface area contributed by atoms with Crippen molar-refractivity contribution in [2.24, 2.45) is 5.16 Å². The summed E-state index contributed by atoms with van der Waals surface area (Å²) in [6, 6.07) is 18.5. The van der Waals surface area contributed by atoms with Gasteiger partial charge in [0.1, 0.15) is 11.3 Å². The van der Waals surface area contributed by atoms with Crippen molar-refractivity contribution >= 4 is 40.2 Å². The van der Waals surface area contributed by atoms with E-state index < -0.39 is 41.6 Å². The third-order valence-corrected chi connectivity index (χ3v) is 5.84. The van der Waals surface area contributed by atoms with Crippen LogP contribution in [0.25, 0.3) is 0 Å². The number of aliphatic carboxylic acids is 1. The quantitative estimate of drug-likeness (QED) is 0.173. The van der Waals surface area contributed by atoms with E-state index in [1.807, 2.05) is 67.6 Å². The number of thiazole rings is 1. The van der Waals surface area contributed by atoms with E-state index in [9.17, 15) is 19.5 Å². The Balaban J connectivity index is 1.78. The van der Waals surface area contributed by atoms with Gasteiger partial charge in [-0.2, -0.15) is 0 Å². The monoisotopic (exact) mass is 553 g/mol. The SMILES string of the molecule is CCC[C@H](O/N=C(\C(=O)O)c1csc(NC(=O)OC(C)(C)C)n1)C(=O)OC(c1ccccc1)c1ccccc1. The number of carboxylic acid groups (broad SMARTS) is 1. The van der Waals surface area contributed by atoms with Crippen molar-refractivity contribution in [3.63, 3.8) is 0 Å². The van der Waals surface area contributed by atoms with Gasteiger partial charge in [0.2, 0.25) is 11.8 Å². The summed E-state index contributed by atoms with van der Waals surface area (Å²) >= 11 is 0.990. The molecule has 0 fully saturated rings. The predicted octanol–water partition coefficient (Wildman–Crippen LogP) is 5.80. The maximum atomic E-state index is 13.2. The Kier molecular flexibility index (Phi) is 10.2. The minimum absolute atomic E-state index is 0.0476. The van der Waals surface area contributed by atoms with Crippen LogP contribution in [0.2, 0.25) is 0 Å². The molecule has 10 nitrogen and oxygen atoms in total. The van der Waals surface area contributed by atoms with Crippen molar-refractivity contribution in [3.8, 4) is 0 Å². The lowest BCUT2D eigenvalue weighted by Crippen LogP contribution is -2.28. The zero-order chi connectivity index (χ0) is 28.4. The molecule has 1 amide bonds. The van der Waals surface area contributed by atoms with Gasteiger partial charge in [0.05, 0.1) is 0 Å². The molecule has 0 saturated heterocycles. The van der Waals surface area contributed by atoms with Gasteiger partial charge in [-0.15, -0.1) is 11.3 Å². The van der Waals surface area contributed by atoms with E-state index in [-0.39, 0.29) is 17.2 Å². The normalized spacial score (nSPS) is 12.5. The lowest BCUT2D eigenvalue weighted by atomic mass is 10.0. The van der Waals surface area contributed by atoms with Crippen LogP contribution in [0.3, 0.4) is 0 Å². The highest BCUT2D eigenvalue weighted by Crippen LogP contribution is 2.27. The Morgan fingerprint density at radius 1 is 1.03 bits per heavy atom. The smallest absolute Gasteiger partial charge is 0.413 e. The average Bonchev–Trinajstić information content (AvgIpc) is 3.34. The van der Waals surface area contributed by atoms with Crippen molar-refractivity contribution in [2.75, 3.05) is 5.32 Å². The van der Waals surface area contributed by atoms with Gasteiger partial charge in [-0.05, 0) is 38.3 Å². The fourth-order valence-corrected chi connectivity index (χ4v) is 4.08. The molecular formula is C28H31N3O7S. The number of oxime groups is 1. The number of hydrogen-bond acceptors (Lipinski definition) is 9. The molecule has 2 aromatic carbocycles. The van der Waals surface area contributed by atoms with Crippen molar-refractivity contribution in [2.45, 2.75) is 58.3 Å². The summed E-state index contributed by atoms with van der Waals surface area (Å²) in [5, 5.41) is 17.4. The number of hydrogen-bond donors (Lipinski definition) is 2. The van der Waals surface area contributed by atoms with Crippen LogP contribution in [-0.2, 0) is 23.9 Å². The van der Waals surface area contributed by atoms with E-state index in [0.29, 0.717) is 6.42 Å². The van der Waals surface area contributed by atoms with E-state index in [0.717, 1.165) is 22.5 Å². The van der Waals surface area contributed by atoms with Crippen LogP contribution in [0, 0.1) is 0 Å². The lowest BCUT2D eigenvalue weighted by molar-refractivity contribution is -0.162. The van der Waals surface area contributed by atoms with Gasteiger partial charge >= 0.3 is 18.0 Å². The second-order valence-electron chi connectivity index (χ2n) is 9.43. The third-order valence-electron chi connectivity index (χ3n) is 5.08. The Labute approximate surface area is 230 Å². The van der Waals surface area contributed by atoms with Crippen molar-refractivity contribution in [3.05, 3.63) is 82.9 Å². The fraction of sp³-hybridized carbons (Fsp3) is 0.321.